The normalized spacial score (nSPS) is 20.0. The molecule has 2 aliphatic heterocycles. The van der Waals surface area contributed by atoms with E-state index in [1.165, 1.54) is 6.07 Å². The summed E-state index contributed by atoms with van der Waals surface area (Å²) >= 11 is 0. The van der Waals surface area contributed by atoms with Crippen molar-refractivity contribution in [3.8, 4) is 5.75 Å². The molecule has 2 aromatic rings. The maximum atomic E-state index is 12.4. The second-order valence-electron chi connectivity index (χ2n) is 7.63. The van der Waals surface area contributed by atoms with Crippen molar-refractivity contribution in [3.63, 3.8) is 0 Å². The molecule has 8 heteroatoms. The maximum Gasteiger partial charge on any atom is 0.190 e. The Bertz CT molecular complexity index is 1000. The van der Waals surface area contributed by atoms with Crippen molar-refractivity contribution in [2.45, 2.75) is 31.3 Å². The lowest BCUT2D eigenvalue weighted by molar-refractivity contribution is 0.104. The monoisotopic (exact) mass is 404 g/mol. The number of pyridine rings is 1. The van der Waals surface area contributed by atoms with Crippen molar-refractivity contribution in [3.05, 3.63) is 76.4 Å². The molecule has 0 aliphatic carbocycles. The van der Waals surface area contributed by atoms with E-state index in [0.29, 0.717) is 24.2 Å². The summed E-state index contributed by atoms with van der Waals surface area (Å²) in [5.41, 5.74) is 9.70. The highest BCUT2D eigenvalue weighted by atomic mass is 16.3. The van der Waals surface area contributed by atoms with Crippen LogP contribution < -0.4 is 4.90 Å². The molecule has 1 aromatic heterocycles. The average molecular weight is 404 g/mol. The Hall–Kier alpha value is -3.51. The largest absolute Gasteiger partial charge is 0.507 e. The van der Waals surface area contributed by atoms with Gasteiger partial charge in [-0.3, -0.25) is 4.79 Å². The van der Waals surface area contributed by atoms with E-state index in [0.717, 1.165) is 43.9 Å². The summed E-state index contributed by atoms with van der Waals surface area (Å²) in [5.74, 6) is 0.798. The Labute approximate surface area is 175 Å². The van der Waals surface area contributed by atoms with E-state index in [9.17, 15) is 9.90 Å². The number of aromatic nitrogens is 1. The van der Waals surface area contributed by atoms with Crippen molar-refractivity contribution in [1.82, 2.24) is 9.88 Å². The summed E-state index contributed by atoms with van der Waals surface area (Å²) in [6, 6.07) is 13.4. The molecule has 0 spiro atoms. The molecule has 1 unspecified atom stereocenters. The molecule has 2 atom stereocenters. The number of hydrogen-bond acceptors (Lipinski definition) is 6. The van der Waals surface area contributed by atoms with E-state index < -0.39 is 0 Å². The highest BCUT2D eigenvalue weighted by Crippen LogP contribution is 2.34. The lowest BCUT2D eigenvalue weighted by Crippen LogP contribution is -2.44. The quantitative estimate of drug-likeness (QED) is 0.180. The summed E-state index contributed by atoms with van der Waals surface area (Å²) in [6.45, 7) is 2.20. The molecular formula is C22H24N6O2. The molecule has 8 nitrogen and oxygen atoms in total. The zero-order valence-electron chi connectivity index (χ0n) is 16.6. The highest BCUT2D eigenvalue weighted by Gasteiger charge is 2.42. The Balaban J connectivity index is 1.36. The summed E-state index contributed by atoms with van der Waals surface area (Å²) in [4.78, 5) is 24.5. The first-order valence-electron chi connectivity index (χ1n) is 10.2. The summed E-state index contributed by atoms with van der Waals surface area (Å²) in [5, 5.41) is 13.4. The van der Waals surface area contributed by atoms with Gasteiger partial charge in [-0.05, 0) is 49.1 Å². The van der Waals surface area contributed by atoms with Crippen LogP contribution in [0.3, 0.4) is 0 Å². The smallest absolute Gasteiger partial charge is 0.190 e. The molecule has 4 rings (SSSR count). The third-order valence-electron chi connectivity index (χ3n) is 5.71. The minimum absolute atomic E-state index is 0.00616. The number of benzene rings is 1. The molecule has 2 bridgehead atoms. The van der Waals surface area contributed by atoms with Crippen LogP contribution in [0.2, 0.25) is 0 Å². The predicted molar refractivity (Wildman–Crippen MR) is 114 cm³/mol. The fourth-order valence-corrected chi connectivity index (χ4v) is 4.24. The number of likely N-dealkylation sites (tertiary alicyclic amines) is 1. The van der Waals surface area contributed by atoms with Crippen LogP contribution in [0, 0.1) is 0 Å². The number of piperazine rings is 1. The molecule has 2 fully saturated rings. The molecule has 1 N–H and O–H groups in total. The third kappa shape index (κ3) is 4.23. The van der Waals surface area contributed by atoms with Crippen LogP contribution in [0.1, 0.15) is 28.9 Å². The van der Waals surface area contributed by atoms with Gasteiger partial charge in [-0.2, -0.15) is 0 Å². The molecule has 154 valence electrons. The van der Waals surface area contributed by atoms with Crippen molar-refractivity contribution in [1.29, 1.82) is 0 Å². The van der Waals surface area contributed by atoms with Crippen LogP contribution in [0.4, 0.5) is 5.82 Å². The number of fused-ring (bicyclic) bond motifs is 2. The van der Waals surface area contributed by atoms with Crippen molar-refractivity contribution in [2.24, 2.45) is 5.11 Å². The predicted octanol–water partition coefficient (Wildman–Crippen LogP) is 3.69. The van der Waals surface area contributed by atoms with Gasteiger partial charge in [0.15, 0.2) is 5.78 Å². The number of carbonyl (C=O) groups is 1. The first-order valence-corrected chi connectivity index (χ1v) is 10.2. The topological polar surface area (TPSA) is 105 Å². The lowest BCUT2D eigenvalue weighted by atomic mass is 10.1. The van der Waals surface area contributed by atoms with Gasteiger partial charge in [0.25, 0.3) is 0 Å². The first-order chi connectivity index (χ1) is 14.7. The van der Waals surface area contributed by atoms with E-state index in [-0.39, 0.29) is 11.5 Å². The van der Waals surface area contributed by atoms with E-state index in [2.05, 4.69) is 19.8 Å². The van der Waals surface area contributed by atoms with E-state index in [4.69, 9.17) is 10.5 Å². The molecule has 2 aliphatic rings. The van der Waals surface area contributed by atoms with Gasteiger partial charge in [0.05, 0.1) is 5.56 Å². The average Bonchev–Trinajstić information content (AvgIpc) is 3.36. The zero-order chi connectivity index (χ0) is 20.9. The van der Waals surface area contributed by atoms with Crippen molar-refractivity contribution >= 4 is 11.6 Å². The number of aryl methyl sites for hydroxylation is 1. The minimum atomic E-state index is -0.192. The van der Waals surface area contributed by atoms with Gasteiger partial charge in [0, 0.05) is 54.6 Å². The standard InChI is InChI=1S/C22H24N6O2/c23-26-24-11-4-6-16-5-3-9-22(25-16)28-15-17-13-18(28)14-27(17)12-10-21(30)19-7-1-2-8-20(19)29/h1-3,5,7-10,12,17-18,29H,4,6,11,13-15H2/b12-10+/t17?,18-/m1/s1. The first kappa shape index (κ1) is 19.8. The third-order valence-corrected chi connectivity index (χ3v) is 5.71. The van der Waals surface area contributed by atoms with Gasteiger partial charge < -0.3 is 14.9 Å². The maximum absolute atomic E-state index is 12.4. The molecule has 30 heavy (non-hydrogen) atoms. The molecule has 0 amide bonds. The lowest BCUT2D eigenvalue weighted by Gasteiger charge is -2.34. The number of anilines is 1. The van der Waals surface area contributed by atoms with Gasteiger partial charge in [-0.15, -0.1) is 0 Å². The Kier molecular flexibility index (Phi) is 5.86. The van der Waals surface area contributed by atoms with Gasteiger partial charge in [0.2, 0.25) is 0 Å². The molecule has 0 radical (unpaired) electrons. The summed E-state index contributed by atoms with van der Waals surface area (Å²) in [7, 11) is 0. The van der Waals surface area contributed by atoms with Gasteiger partial charge in [-0.1, -0.05) is 23.3 Å². The zero-order valence-corrected chi connectivity index (χ0v) is 16.6. The number of ketones is 1. The highest BCUT2D eigenvalue weighted by molar-refractivity contribution is 6.06. The fraction of sp³-hybridized carbons (Fsp3) is 0.364. The molecular weight excluding hydrogens is 380 g/mol. The second-order valence-corrected chi connectivity index (χ2v) is 7.63. The number of azide groups is 1. The Morgan fingerprint density at radius 1 is 1.23 bits per heavy atom. The molecule has 1 aromatic carbocycles. The number of phenols is 1. The number of phenolic OH excluding ortho intramolecular Hbond substituents is 1. The van der Waals surface area contributed by atoms with Crippen LogP contribution in [0.25, 0.3) is 10.4 Å². The van der Waals surface area contributed by atoms with Crippen LogP contribution in [-0.4, -0.2) is 52.5 Å². The fourth-order valence-electron chi connectivity index (χ4n) is 4.24. The number of nitrogens with zero attached hydrogens (tertiary/aromatic N) is 6. The van der Waals surface area contributed by atoms with Gasteiger partial charge >= 0.3 is 0 Å². The van der Waals surface area contributed by atoms with Crippen molar-refractivity contribution < 1.29 is 9.90 Å². The van der Waals surface area contributed by atoms with Crippen LogP contribution in [0.15, 0.2) is 59.9 Å². The van der Waals surface area contributed by atoms with Gasteiger partial charge in [0.1, 0.15) is 11.6 Å². The summed E-state index contributed by atoms with van der Waals surface area (Å²) < 4.78 is 0. The van der Waals surface area contributed by atoms with E-state index in [1.54, 1.807) is 24.3 Å². The molecule has 0 saturated carbocycles. The Morgan fingerprint density at radius 3 is 2.87 bits per heavy atom. The Morgan fingerprint density at radius 2 is 2.10 bits per heavy atom. The number of para-hydroxylation sites is 1. The van der Waals surface area contributed by atoms with Crippen molar-refractivity contribution in [2.75, 3.05) is 24.5 Å². The summed E-state index contributed by atoms with van der Waals surface area (Å²) in [6.07, 6.45) is 6.02. The van der Waals surface area contributed by atoms with E-state index >= 15 is 0 Å². The number of allylic oxidation sites excluding steroid dienone is 1. The number of carbonyl (C=O) groups excluding carboxylic acids is 1. The van der Waals surface area contributed by atoms with Crippen LogP contribution in [0.5, 0.6) is 5.75 Å². The number of aromatic hydroxyl groups is 1. The SMILES string of the molecule is [N-]=[N+]=NCCCc1cccc(N2CC3C[C@@H]2CN3/C=C/C(=O)c2ccccc2O)n1. The number of hydrogen-bond donors (Lipinski definition) is 1. The van der Waals surface area contributed by atoms with E-state index in [1.807, 2.05) is 24.4 Å². The number of rotatable bonds is 8. The van der Waals surface area contributed by atoms with Crippen LogP contribution >= 0.6 is 0 Å². The molecule has 3 heterocycles. The van der Waals surface area contributed by atoms with Crippen LogP contribution in [-0.2, 0) is 6.42 Å². The second kappa shape index (κ2) is 8.88. The minimum Gasteiger partial charge on any atom is -0.507 e. The molecule has 2 saturated heterocycles. The van der Waals surface area contributed by atoms with Gasteiger partial charge in [-0.25, -0.2) is 4.98 Å².